The maximum Gasteiger partial charge on any atom is 0.337 e. The molecule has 1 heterocycles. The van der Waals surface area contributed by atoms with Gasteiger partial charge in [0.1, 0.15) is 0 Å². The summed E-state index contributed by atoms with van der Waals surface area (Å²) in [7, 11) is 1.35. The quantitative estimate of drug-likeness (QED) is 0.866. The van der Waals surface area contributed by atoms with Gasteiger partial charge in [0.05, 0.1) is 12.7 Å². The summed E-state index contributed by atoms with van der Waals surface area (Å²) in [6.07, 6.45) is 0. The van der Waals surface area contributed by atoms with Gasteiger partial charge in [0.25, 0.3) is 0 Å². The number of carbonyl (C=O) groups is 1. The molecule has 0 saturated carbocycles. The number of aromatic nitrogens is 2. The lowest BCUT2D eigenvalue weighted by atomic mass is 9.97. The normalized spacial score (nSPS) is 10.5. The number of benzene rings is 1. The molecule has 2 rings (SSSR count). The summed E-state index contributed by atoms with van der Waals surface area (Å²) in [5.41, 5.74) is 1.04. The van der Waals surface area contributed by atoms with Crippen LogP contribution in [0.5, 0.6) is 0 Å². The van der Waals surface area contributed by atoms with Gasteiger partial charge in [0.15, 0.2) is 0 Å². The van der Waals surface area contributed by atoms with Crippen molar-refractivity contribution >= 4 is 17.7 Å². The lowest BCUT2D eigenvalue weighted by Gasteiger charge is -2.11. The molecule has 1 N–H and O–H groups in total. The van der Waals surface area contributed by atoms with Crippen LogP contribution in [0.2, 0.25) is 0 Å². The molecule has 0 fully saturated rings. The summed E-state index contributed by atoms with van der Waals surface area (Å²) in [5, 5.41) is 10.9. The summed E-state index contributed by atoms with van der Waals surface area (Å²) in [6.45, 7) is 9.99. The van der Waals surface area contributed by atoms with Crippen LogP contribution in [0, 0.1) is 0 Å². The first-order chi connectivity index (χ1) is 10.4. The number of esters is 1. The SMILES string of the molecule is CC.COC(=O)c1ccc(Nc2nnc(C(C)(C)C)o2)cc1. The van der Waals surface area contributed by atoms with Crippen LogP contribution in [-0.4, -0.2) is 23.3 Å². The molecule has 0 aliphatic heterocycles. The zero-order valence-corrected chi connectivity index (χ0v) is 13.9. The molecule has 1 aromatic carbocycles. The number of carbonyl (C=O) groups excluding carboxylic acids is 1. The van der Waals surface area contributed by atoms with E-state index in [9.17, 15) is 4.79 Å². The Kier molecular flexibility index (Phi) is 6.10. The van der Waals surface area contributed by atoms with Gasteiger partial charge in [0.2, 0.25) is 5.89 Å². The summed E-state index contributed by atoms with van der Waals surface area (Å²) < 4.78 is 10.2. The maximum atomic E-state index is 11.3. The Morgan fingerprint density at radius 3 is 2.18 bits per heavy atom. The number of methoxy groups -OCH3 is 1. The second-order valence-electron chi connectivity index (χ2n) is 5.36. The van der Waals surface area contributed by atoms with Crippen LogP contribution in [0.3, 0.4) is 0 Å². The molecule has 0 amide bonds. The minimum absolute atomic E-state index is 0.193. The van der Waals surface area contributed by atoms with Crippen molar-refractivity contribution < 1.29 is 13.9 Å². The fourth-order valence-electron chi connectivity index (χ4n) is 1.51. The van der Waals surface area contributed by atoms with Gasteiger partial charge in [0, 0.05) is 11.1 Å². The Morgan fingerprint density at radius 2 is 1.73 bits per heavy atom. The van der Waals surface area contributed by atoms with E-state index < -0.39 is 0 Å². The van der Waals surface area contributed by atoms with E-state index in [4.69, 9.17) is 4.42 Å². The average Bonchev–Trinajstić information content (AvgIpc) is 2.98. The Labute approximate surface area is 130 Å². The van der Waals surface area contributed by atoms with Gasteiger partial charge in [-0.1, -0.05) is 39.7 Å². The van der Waals surface area contributed by atoms with Crippen molar-refractivity contribution in [3.05, 3.63) is 35.7 Å². The predicted octanol–water partition coefficient (Wildman–Crippen LogP) is 3.92. The number of hydrogen-bond donors (Lipinski definition) is 1. The smallest absolute Gasteiger partial charge is 0.337 e. The molecule has 2 aromatic rings. The molecule has 6 heteroatoms. The van der Waals surface area contributed by atoms with E-state index >= 15 is 0 Å². The van der Waals surface area contributed by atoms with Gasteiger partial charge in [-0.25, -0.2) is 4.79 Å². The highest BCUT2D eigenvalue weighted by molar-refractivity contribution is 5.89. The molecule has 6 nitrogen and oxygen atoms in total. The molecule has 1 aromatic heterocycles. The molecular formula is C16H23N3O3. The Hall–Kier alpha value is -2.37. The molecule has 0 unspecified atom stereocenters. The summed E-state index contributed by atoms with van der Waals surface area (Å²) in [4.78, 5) is 11.3. The number of anilines is 2. The van der Waals surface area contributed by atoms with Crippen molar-refractivity contribution in [2.24, 2.45) is 0 Å². The summed E-state index contributed by atoms with van der Waals surface area (Å²) in [6, 6.07) is 7.13. The summed E-state index contributed by atoms with van der Waals surface area (Å²) >= 11 is 0. The zero-order chi connectivity index (χ0) is 16.8. The first kappa shape index (κ1) is 17.7. The molecule has 120 valence electrons. The third kappa shape index (κ3) is 4.58. The van der Waals surface area contributed by atoms with Crippen LogP contribution in [0.1, 0.15) is 50.9 Å². The Bertz CT molecular complexity index is 598. The van der Waals surface area contributed by atoms with E-state index in [1.54, 1.807) is 24.3 Å². The monoisotopic (exact) mass is 305 g/mol. The second kappa shape index (κ2) is 7.59. The number of rotatable bonds is 3. The minimum Gasteiger partial charge on any atom is -0.465 e. The highest BCUT2D eigenvalue weighted by Gasteiger charge is 2.21. The fourth-order valence-corrected chi connectivity index (χ4v) is 1.51. The second-order valence-corrected chi connectivity index (χ2v) is 5.36. The average molecular weight is 305 g/mol. The van der Waals surface area contributed by atoms with E-state index in [-0.39, 0.29) is 11.4 Å². The standard InChI is InChI=1S/C14H17N3O3.C2H6/c1-14(2,3)12-16-17-13(20-12)15-10-7-5-9(6-8-10)11(18)19-4;1-2/h5-8H,1-4H3,(H,15,17);1-2H3. The van der Waals surface area contributed by atoms with E-state index in [1.807, 2.05) is 34.6 Å². The van der Waals surface area contributed by atoms with E-state index in [2.05, 4.69) is 20.3 Å². The molecule has 0 spiro atoms. The predicted molar refractivity (Wildman–Crippen MR) is 85.4 cm³/mol. The van der Waals surface area contributed by atoms with Crippen LogP contribution < -0.4 is 5.32 Å². The largest absolute Gasteiger partial charge is 0.465 e. The molecule has 0 aliphatic rings. The number of hydrogen-bond acceptors (Lipinski definition) is 6. The molecule has 0 atom stereocenters. The third-order valence-electron chi connectivity index (χ3n) is 2.62. The highest BCUT2D eigenvalue weighted by Crippen LogP contribution is 2.23. The van der Waals surface area contributed by atoms with Crippen molar-refractivity contribution in [1.82, 2.24) is 10.2 Å². The van der Waals surface area contributed by atoms with Crippen molar-refractivity contribution in [3.63, 3.8) is 0 Å². The van der Waals surface area contributed by atoms with E-state index in [0.717, 1.165) is 5.69 Å². The maximum absolute atomic E-state index is 11.3. The van der Waals surface area contributed by atoms with Gasteiger partial charge in [-0.2, -0.15) is 0 Å². The minimum atomic E-state index is -0.371. The number of nitrogens with one attached hydrogen (secondary N) is 1. The van der Waals surface area contributed by atoms with Crippen molar-refractivity contribution in [1.29, 1.82) is 0 Å². The first-order valence-electron chi connectivity index (χ1n) is 7.19. The Balaban J connectivity index is 0.00000116. The summed E-state index contributed by atoms with van der Waals surface area (Å²) in [5.74, 6) is 0.190. The van der Waals surface area contributed by atoms with Crippen LogP contribution >= 0.6 is 0 Å². The van der Waals surface area contributed by atoms with Gasteiger partial charge in [-0.05, 0) is 24.3 Å². The van der Waals surface area contributed by atoms with Crippen LogP contribution in [-0.2, 0) is 10.2 Å². The van der Waals surface area contributed by atoms with E-state index in [1.165, 1.54) is 7.11 Å². The van der Waals surface area contributed by atoms with E-state index in [0.29, 0.717) is 17.5 Å². The molecular weight excluding hydrogens is 282 g/mol. The topological polar surface area (TPSA) is 77.2 Å². The molecule has 0 saturated heterocycles. The fraction of sp³-hybridized carbons (Fsp3) is 0.438. The highest BCUT2D eigenvalue weighted by atomic mass is 16.5. The van der Waals surface area contributed by atoms with Gasteiger partial charge in [-0.15, -0.1) is 5.10 Å². The van der Waals surface area contributed by atoms with Gasteiger partial charge >= 0.3 is 12.0 Å². The van der Waals surface area contributed by atoms with Gasteiger partial charge < -0.3 is 14.5 Å². The van der Waals surface area contributed by atoms with Crippen molar-refractivity contribution in [2.45, 2.75) is 40.0 Å². The Morgan fingerprint density at radius 1 is 1.14 bits per heavy atom. The van der Waals surface area contributed by atoms with Crippen LogP contribution in [0.4, 0.5) is 11.7 Å². The van der Waals surface area contributed by atoms with Crippen molar-refractivity contribution in [3.8, 4) is 0 Å². The first-order valence-corrected chi connectivity index (χ1v) is 7.19. The lowest BCUT2D eigenvalue weighted by Crippen LogP contribution is -2.11. The number of nitrogens with zero attached hydrogens (tertiary/aromatic N) is 2. The van der Waals surface area contributed by atoms with Crippen LogP contribution in [0.15, 0.2) is 28.7 Å². The third-order valence-corrected chi connectivity index (χ3v) is 2.62. The zero-order valence-electron chi connectivity index (χ0n) is 13.9. The van der Waals surface area contributed by atoms with Crippen LogP contribution in [0.25, 0.3) is 0 Å². The van der Waals surface area contributed by atoms with Gasteiger partial charge in [-0.3, -0.25) is 0 Å². The molecule has 0 bridgehead atoms. The number of ether oxygens (including phenoxy) is 1. The molecule has 22 heavy (non-hydrogen) atoms. The molecule has 0 aliphatic carbocycles. The molecule has 0 radical (unpaired) electrons. The van der Waals surface area contributed by atoms with Crippen molar-refractivity contribution in [2.75, 3.05) is 12.4 Å². The lowest BCUT2D eigenvalue weighted by molar-refractivity contribution is 0.0601.